The lowest BCUT2D eigenvalue weighted by atomic mass is 10.1. The van der Waals surface area contributed by atoms with Crippen molar-refractivity contribution in [1.29, 1.82) is 0 Å². The fourth-order valence-electron chi connectivity index (χ4n) is 2.43. The highest BCUT2D eigenvalue weighted by Gasteiger charge is 2.47. The second-order valence-electron chi connectivity index (χ2n) is 5.46. The molecule has 3 nitrogen and oxygen atoms in total. The third-order valence-electron chi connectivity index (χ3n) is 3.85. The SMILES string of the molecule is Cc1cc(S(=O)(=O)NC2(c3ccccc3)CC2)ccc1F. The number of rotatable bonds is 4. The van der Waals surface area contributed by atoms with Gasteiger partial charge in [-0.2, -0.15) is 0 Å². The molecule has 0 heterocycles. The van der Waals surface area contributed by atoms with Crippen LogP contribution < -0.4 is 4.72 Å². The highest BCUT2D eigenvalue weighted by atomic mass is 32.2. The van der Waals surface area contributed by atoms with Crippen molar-refractivity contribution >= 4 is 10.0 Å². The lowest BCUT2D eigenvalue weighted by Crippen LogP contribution is -2.34. The molecule has 0 aliphatic heterocycles. The molecule has 1 saturated carbocycles. The zero-order chi connectivity index (χ0) is 15.1. The summed E-state index contributed by atoms with van der Waals surface area (Å²) in [7, 11) is -3.66. The molecule has 5 heteroatoms. The average Bonchev–Trinajstić information content (AvgIpc) is 3.23. The van der Waals surface area contributed by atoms with E-state index < -0.39 is 21.4 Å². The van der Waals surface area contributed by atoms with Crippen LogP contribution >= 0.6 is 0 Å². The summed E-state index contributed by atoms with van der Waals surface area (Å²) in [6, 6.07) is 13.4. The number of sulfonamides is 1. The summed E-state index contributed by atoms with van der Waals surface area (Å²) >= 11 is 0. The Hall–Kier alpha value is -1.72. The van der Waals surface area contributed by atoms with Gasteiger partial charge in [-0.1, -0.05) is 30.3 Å². The molecule has 1 aliphatic rings. The van der Waals surface area contributed by atoms with Crippen LogP contribution in [0.15, 0.2) is 53.4 Å². The van der Waals surface area contributed by atoms with E-state index in [-0.39, 0.29) is 4.90 Å². The predicted molar refractivity (Wildman–Crippen MR) is 78.8 cm³/mol. The molecule has 0 unspecified atom stereocenters. The number of hydrogen-bond acceptors (Lipinski definition) is 2. The molecule has 3 rings (SSSR count). The van der Waals surface area contributed by atoms with E-state index in [1.54, 1.807) is 6.92 Å². The summed E-state index contributed by atoms with van der Waals surface area (Å²) in [5.41, 5.74) is 0.775. The van der Waals surface area contributed by atoms with Crippen molar-refractivity contribution in [2.24, 2.45) is 0 Å². The Balaban J connectivity index is 1.92. The van der Waals surface area contributed by atoms with Gasteiger partial charge in [-0.15, -0.1) is 0 Å². The molecule has 0 spiro atoms. The van der Waals surface area contributed by atoms with Gasteiger partial charge >= 0.3 is 0 Å². The molecule has 0 saturated heterocycles. The van der Waals surface area contributed by atoms with Gasteiger partial charge in [0.2, 0.25) is 10.0 Å². The Labute approximate surface area is 123 Å². The number of nitrogens with one attached hydrogen (secondary N) is 1. The van der Waals surface area contributed by atoms with E-state index >= 15 is 0 Å². The van der Waals surface area contributed by atoms with Crippen molar-refractivity contribution in [2.45, 2.75) is 30.2 Å². The maximum atomic E-state index is 13.3. The molecule has 1 N–H and O–H groups in total. The van der Waals surface area contributed by atoms with Crippen LogP contribution in [0.5, 0.6) is 0 Å². The first-order valence-electron chi connectivity index (χ1n) is 6.79. The van der Waals surface area contributed by atoms with Gasteiger partial charge in [0.1, 0.15) is 5.82 Å². The minimum Gasteiger partial charge on any atom is -0.207 e. The van der Waals surface area contributed by atoms with Crippen LogP contribution in [-0.2, 0) is 15.6 Å². The quantitative estimate of drug-likeness (QED) is 0.943. The largest absolute Gasteiger partial charge is 0.241 e. The second kappa shape index (κ2) is 4.93. The van der Waals surface area contributed by atoms with Gasteiger partial charge in [-0.25, -0.2) is 17.5 Å². The first-order chi connectivity index (χ1) is 9.93. The maximum Gasteiger partial charge on any atom is 0.241 e. The van der Waals surface area contributed by atoms with Crippen LogP contribution in [0.25, 0.3) is 0 Å². The molecule has 0 atom stereocenters. The molecular weight excluding hydrogens is 289 g/mol. The Bertz CT molecular complexity index is 768. The van der Waals surface area contributed by atoms with E-state index in [0.29, 0.717) is 5.56 Å². The normalized spacial score (nSPS) is 16.7. The van der Waals surface area contributed by atoms with Gasteiger partial charge in [-0.3, -0.25) is 0 Å². The van der Waals surface area contributed by atoms with E-state index in [2.05, 4.69) is 4.72 Å². The van der Waals surface area contributed by atoms with E-state index in [9.17, 15) is 12.8 Å². The fourth-order valence-corrected chi connectivity index (χ4v) is 3.97. The monoisotopic (exact) mass is 305 g/mol. The van der Waals surface area contributed by atoms with Crippen molar-refractivity contribution in [3.05, 3.63) is 65.5 Å². The van der Waals surface area contributed by atoms with Gasteiger partial charge in [0.05, 0.1) is 10.4 Å². The van der Waals surface area contributed by atoms with Crippen molar-refractivity contribution in [3.8, 4) is 0 Å². The molecule has 21 heavy (non-hydrogen) atoms. The maximum absolute atomic E-state index is 13.3. The molecule has 110 valence electrons. The first-order valence-corrected chi connectivity index (χ1v) is 8.27. The molecule has 1 fully saturated rings. The lowest BCUT2D eigenvalue weighted by Gasteiger charge is -2.18. The number of hydrogen-bond donors (Lipinski definition) is 1. The van der Waals surface area contributed by atoms with Crippen molar-refractivity contribution in [2.75, 3.05) is 0 Å². The molecule has 0 aromatic heterocycles. The zero-order valence-corrected chi connectivity index (χ0v) is 12.5. The van der Waals surface area contributed by atoms with E-state index in [0.717, 1.165) is 18.4 Å². The molecule has 2 aromatic rings. The van der Waals surface area contributed by atoms with Crippen LogP contribution in [0, 0.1) is 12.7 Å². The molecule has 0 amide bonds. The highest BCUT2D eigenvalue weighted by Crippen LogP contribution is 2.46. The van der Waals surface area contributed by atoms with Crippen LogP contribution in [0.4, 0.5) is 4.39 Å². The summed E-state index contributed by atoms with van der Waals surface area (Å²) in [5, 5.41) is 0. The van der Waals surface area contributed by atoms with Crippen LogP contribution in [0.2, 0.25) is 0 Å². The number of benzene rings is 2. The third-order valence-corrected chi connectivity index (χ3v) is 5.38. The fraction of sp³-hybridized carbons (Fsp3) is 0.250. The first kappa shape index (κ1) is 14.2. The van der Waals surface area contributed by atoms with E-state index in [1.165, 1.54) is 18.2 Å². The Kier molecular flexibility index (Phi) is 3.34. The van der Waals surface area contributed by atoms with Crippen LogP contribution in [0.3, 0.4) is 0 Å². The van der Waals surface area contributed by atoms with E-state index in [1.807, 2.05) is 30.3 Å². The number of halogens is 1. The molecule has 2 aromatic carbocycles. The predicted octanol–water partition coefficient (Wildman–Crippen LogP) is 3.10. The summed E-state index contributed by atoms with van der Waals surface area (Å²) in [6.07, 6.45) is 1.55. The van der Waals surface area contributed by atoms with Gasteiger partial charge < -0.3 is 0 Å². The second-order valence-corrected chi connectivity index (χ2v) is 7.15. The van der Waals surface area contributed by atoms with Crippen molar-refractivity contribution < 1.29 is 12.8 Å². The summed E-state index contributed by atoms with van der Waals surface area (Å²) < 4.78 is 41.0. The minimum atomic E-state index is -3.66. The average molecular weight is 305 g/mol. The number of aryl methyl sites for hydroxylation is 1. The topological polar surface area (TPSA) is 46.2 Å². The van der Waals surface area contributed by atoms with Crippen molar-refractivity contribution in [1.82, 2.24) is 4.72 Å². The summed E-state index contributed by atoms with van der Waals surface area (Å²) in [4.78, 5) is 0.101. The third kappa shape index (κ3) is 2.71. The Morgan fingerprint density at radius 3 is 2.33 bits per heavy atom. The Morgan fingerprint density at radius 1 is 1.10 bits per heavy atom. The van der Waals surface area contributed by atoms with E-state index in [4.69, 9.17) is 0 Å². The van der Waals surface area contributed by atoms with Gasteiger partial charge in [0.15, 0.2) is 0 Å². The highest BCUT2D eigenvalue weighted by molar-refractivity contribution is 7.89. The molecule has 1 aliphatic carbocycles. The summed E-state index contributed by atoms with van der Waals surface area (Å²) in [5.74, 6) is -0.404. The molecule has 0 bridgehead atoms. The lowest BCUT2D eigenvalue weighted by molar-refractivity contribution is 0.551. The zero-order valence-electron chi connectivity index (χ0n) is 11.6. The molecular formula is C16H16FNO2S. The van der Waals surface area contributed by atoms with Gasteiger partial charge in [0, 0.05) is 0 Å². The van der Waals surface area contributed by atoms with Crippen molar-refractivity contribution in [3.63, 3.8) is 0 Å². The smallest absolute Gasteiger partial charge is 0.207 e. The van der Waals surface area contributed by atoms with Gasteiger partial charge in [-0.05, 0) is 49.1 Å². The summed E-state index contributed by atoms with van der Waals surface area (Å²) in [6.45, 7) is 1.55. The Morgan fingerprint density at radius 2 is 1.76 bits per heavy atom. The van der Waals surface area contributed by atoms with Crippen LogP contribution in [0.1, 0.15) is 24.0 Å². The minimum absolute atomic E-state index is 0.101. The van der Waals surface area contributed by atoms with Gasteiger partial charge in [0.25, 0.3) is 0 Å². The van der Waals surface area contributed by atoms with Crippen LogP contribution in [-0.4, -0.2) is 8.42 Å². The standard InChI is InChI=1S/C16H16FNO2S/c1-12-11-14(7-8-15(12)17)21(19,20)18-16(9-10-16)13-5-3-2-4-6-13/h2-8,11,18H,9-10H2,1H3. The molecule has 0 radical (unpaired) electrons.